The molecule has 0 aromatic heterocycles. The van der Waals surface area contributed by atoms with Crippen molar-refractivity contribution in [1.82, 2.24) is 5.32 Å². The van der Waals surface area contributed by atoms with Crippen molar-refractivity contribution in [2.75, 3.05) is 29.9 Å². The Balaban J connectivity index is 1.74. The number of hydrogen-bond donors (Lipinski definition) is 2. The largest absolute Gasteiger partial charge is 0.385 e. The van der Waals surface area contributed by atoms with E-state index in [1.165, 1.54) is 5.69 Å². The molecule has 4 heteroatoms. The van der Waals surface area contributed by atoms with Gasteiger partial charge in [0.05, 0.1) is 0 Å². The Morgan fingerprint density at radius 3 is 2.40 bits per heavy atom. The molecule has 0 bridgehead atoms. The van der Waals surface area contributed by atoms with Crippen LogP contribution in [0, 0.1) is 0 Å². The van der Waals surface area contributed by atoms with Crippen LogP contribution in [0.3, 0.4) is 0 Å². The molecule has 2 N–H and O–H groups in total. The average Bonchev–Trinajstić information content (AvgIpc) is 3.26. The summed E-state index contributed by atoms with van der Waals surface area (Å²) < 4.78 is 0. The maximum absolute atomic E-state index is 11.5. The zero-order valence-electron chi connectivity index (χ0n) is 12.5. The van der Waals surface area contributed by atoms with E-state index in [0.717, 1.165) is 31.6 Å². The van der Waals surface area contributed by atoms with Crippen LogP contribution in [0.25, 0.3) is 0 Å². The Bertz CT molecular complexity index is 422. The first-order chi connectivity index (χ1) is 9.72. The van der Waals surface area contributed by atoms with Crippen molar-refractivity contribution < 1.29 is 4.79 Å². The molecule has 110 valence electrons. The summed E-state index contributed by atoms with van der Waals surface area (Å²) in [6.07, 6.45) is 2.83. The molecule has 0 aliphatic heterocycles. The first-order valence-electron chi connectivity index (χ1n) is 7.61. The van der Waals surface area contributed by atoms with Gasteiger partial charge in [-0.05, 0) is 51.0 Å². The highest BCUT2D eigenvalue weighted by atomic mass is 16.1. The fourth-order valence-electron chi connectivity index (χ4n) is 2.23. The van der Waals surface area contributed by atoms with Crippen molar-refractivity contribution >= 4 is 17.3 Å². The van der Waals surface area contributed by atoms with Crippen molar-refractivity contribution in [3.63, 3.8) is 0 Å². The van der Waals surface area contributed by atoms with Crippen molar-refractivity contribution in [3.05, 3.63) is 24.3 Å². The van der Waals surface area contributed by atoms with Crippen molar-refractivity contribution in [2.24, 2.45) is 0 Å². The van der Waals surface area contributed by atoms with Gasteiger partial charge in [0.2, 0.25) is 5.91 Å². The lowest BCUT2D eigenvalue weighted by molar-refractivity contribution is -0.120. The number of carbonyl (C=O) groups excluding carboxylic acids is 1. The van der Waals surface area contributed by atoms with Crippen LogP contribution in [-0.4, -0.2) is 31.6 Å². The Kier molecular flexibility index (Phi) is 5.27. The monoisotopic (exact) mass is 275 g/mol. The van der Waals surface area contributed by atoms with E-state index >= 15 is 0 Å². The van der Waals surface area contributed by atoms with Crippen molar-refractivity contribution in [2.45, 2.75) is 39.2 Å². The molecule has 2 rings (SSSR count). The van der Waals surface area contributed by atoms with Crippen LogP contribution in [0.4, 0.5) is 11.4 Å². The summed E-state index contributed by atoms with van der Waals surface area (Å²) in [6.45, 7) is 7.04. The van der Waals surface area contributed by atoms with Gasteiger partial charge in [0, 0.05) is 43.5 Å². The number of nitrogens with zero attached hydrogens (tertiary/aromatic N) is 1. The van der Waals surface area contributed by atoms with Gasteiger partial charge in [-0.3, -0.25) is 4.79 Å². The fraction of sp³-hybridized carbons (Fsp3) is 0.562. The molecule has 1 aliphatic carbocycles. The minimum Gasteiger partial charge on any atom is -0.385 e. The van der Waals surface area contributed by atoms with Gasteiger partial charge in [-0.15, -0.1) is 0 Å². The summed E-state index contributed by atoms with van der Waals surface area (Å²) in [7, 11) is 0. The number of anilines is 2. The molecule has 4 nitrogen and oxygen atoms in total. The van der Waals surface area contributed by atoms with Gasteiger partial charge in [0.1, 0.15) is 0 Å². The van der Waals surface area contributed by atoms with E-state index < -0.39 is 0 Å². The lowest BCUT2D eigenvalue weighted by atomic mass is 10.2. The van der Waals surface area contributed by atoms with Crippen LogP contribution in [-0.2, 0) is 4.79 Å². The summed E-state index contributed by atoms with van der Waals surface area (Å²) in [4.78, 5) is 13.9. The van der Waals surface area contributed by atoms with Gasteiger partial charge < -0.3 is 15.5 Å². The molecule has 20 heavy (non-hydrogen) atoms. The fourth-order valence-corrected chi connectivity index (χ4v) is 2.23. The predicted octanol–water partition coefficient (Wildman–Crippen LogP) is 2.61. The molecular weight excluding hydrogens is 250 g/mol. The van der Waals surface area contributed by atoms with Crippen LogP contribution in [0.5, 0.6) is 0 Å². The molecule has 0 atom stereocenters. The lowest BCUT2D eigenvalue weighted by Crippen LogP contribution is -2.27. The van der Waals surface area contributed by atoms with Crippen LogP contribution in [0.1, 0.15) is 33.1 Å². The summed E-state index contributed by atoms with van der Waals surface area (Å²) in [5.41, 5.74) is 2.31. The maximum Gasteiger partial charge on any atom is 0.221 e. The molecule has 0 radical (unpaired) electrons. The topological polar surface area (TPSA) is 44.4 Å². The quantitative estimate of drug-likeness (QED) is 0.766. The molecule has 1 aliphatic rings. The SMILES string of the molecule is CCN(CC)c1ccc(NCCC(=O)NC2CC2)cc1. The lowest BCUT2D eigenvalue weighted by Gasteiger charge is -2.21. The number of amides is 1. The normalized spacial score (nSPS) is 13.9. The predicted molar refractivity (Wildman–Crippen MR) is 84.3 cm³/mol. The second kappa shape index (κ2) is 7.17. The molecular formula is C16H25N3O. The first kappa shape index (κ1) is 14.7. The third-order valence-corrected chi connectivity index (χ3v) is 3.62. The van der Waals surface area contributed by atoms with E-state index in [9.17, 15) is 4.79 Å². The summed E-state index contributed by atoms with van der Waals surface area (Å²) in [5.74, 6) is 0.153. The third kappa shape index (κ3) is 4.44. The molecule has 1 saturated carbocycles. The third-order valence-electron chi connectivity index (χ3n) is 3.62. The number of hydrogen-bond acceptors (Lipinski definition) is 3. The summed E-state index contributed by atoms with van der Waals surface area (Å²) >= 11 is 0. The molecule has 1 aromatic rings. The number of rotatable bonds is 8. The minimum atomic E-state index is 0.153. The van der Waals surface area contributed by atoms with Crippen LogP contribution < -0.4 is 15.5 Å². The molecule has 1 fully saturated rings. The highest BCUT2D eigenvalue weighted by molar-refractivity contribution is 5.77. The Labute approximate surface area is 121 Å². The highest BCUT2D eigenvalue weighted by Crippen LogP contribution is 2.19. The number of nitrogens with one attached hydrogen (secondary N) is 2. The maximum atomic E-state index is 11.5. The van der Waals surface area contributed by atoms with Crippen LogP contribution >= 0.6 is 0 Å². The van der Waals surface area contributed by atoms with Gasteiger partial charge in [-0.2, -0.15) is 0 Å². The zero-order valence-corrected chi connectivity index (χ0v) is 12.5. The molecule has 0 saturated heterocycles. The zero-order chi connectivity index (χ0) is 14.4. The van der Waals surface area contributed by atoms with Gasteiger partial charge in [0.25, 0.3) is 0 Å². The van der Waals surface area contributed by atoms with Crippen LogP contribution in [0.15, 0.2) is 24.3 Å². The Morgan fingerprint density at radius 1 is 1.20 bits per heavy atom. The molecule has 0 unspecified atom stereocenters. The van der Waals surface area contributed by atoms with Crippen LogP contribution in [0.2, 0.25) is 0 Å². The highest BCUT2D eigenvalue weighted by Gasteiger charge is 2.22. The summed E-state index contributed by atoms with van der Waals surface area (Å²) in [5, 5.41) is 6.29. The second-order valence-corrected chi connectivity index (χ2v) is 5.24. The Hall–Kier alpha value is -1.71. The van der Waals surface area contributed by atoms with E-state index in [1.54, 1.807) is 0 Å². The van der Waals surface area contributed by atoms with E-state index in [2.05, 4.69) is 53.6 Å². The first-order valence-corrected chi connectivity index (χ1v) is 7.61. The average molecular weight is 275 g/mol. The van der Waals surface area contributed by atoms with Gasteiger partial charge in [-0.1, -0.05) is 0 Å². The molecule has 0 heterocycles. The van der Waals surface area contributed by atoms with Crippen molar-refractivity contribution in [3.8, 4) is 0 Å². The molecule has 0 spiro atoms. The molecule has 1 amide bonds. The van der Waals surface area contributed by atoms with Gasteiger partial charge in [0.15, 0.2) is 0 Å². The van der Waals surface area contributed by atoms with E-state index in [4.69, 9.17) is 0 Å². The minimum absolute atomic E-state index is 0.153. The smallest absolute Gasteiger partial charge is 0.221 e. The van der Waals surface area contributed by atoms with E-state index in [-0.39, 0.29) is 5.91 Å². The Morgan fingerprint density at radius 2 is 1.85 bits per heavy atom. The van der Waals surface area contributed by atoms with E-state index in [0.29, 0.717) is 19.0 Å². The standard InChI is InChI=1S/C16H25N3O/c1-3-19(4-2)15-9-7-13(8-10-15)17-12-11-16(20)18-14-5-6-14/h7-10,14,17H,3-6,11-12H2,1-2H3,(H,18,20). The second-order valence-electron chi connectivity index (χ2n) is 5.24. The van der Waals surface area contributed by atoms with Gasteiger partial charge in [-0.25, -0.2) is 0 Å². The van der Waals surface area contributed by atoms with Gasteiger partial charge >= 0.3 is 0 Å². The summed E-state index contributed by atoms with van der Waals surface area (Å²) in [6, 6.07) is 8.86. The number of benzene rings is 1. The van der Waals surface area contributed by atoms with Crippen molar-refractivity contribution in [1.29, 1.82) is 0 Å². The van der Waals surface area contributed by atoms with E-state index in [1.807, 2.05) is 0 Å². The molecule has 1 aromatic carbocycles. The number of carbonyl (C=O) groups is 1.